The number of ketones is 1. The van der Waals surface area contributed by atoms with Gasteiger partial charge in [-0.25, -0.2) is 0 Å². The predicted octanol–water partition coefficient (Wildman–Crippen LogP) is 5.22. The van der Waals surface area contributed by atoms with Crippen LogP contribution in [0.2, 0.25) is 0 Å². The molecule has 0 bridgehead atoms. The second-order valence-electron chi connectivity index (χ2n) is 10.2. The minimum atomic E-state index is -0.774. The zero-order valence-corrected chi connectivity index (χ0v) is 26.6. The number of rotatable bonds is 9. The molecule has 0 saturated carbocycles. The number of methoxy groups -OCH3 is 3. The van der Waals surface area contributed by atoms with Crippen molar-refractivity contribution >= 4 is 45.6 Å². The lowest BCUT2D eigenvalue weighted by atomic mass is 9.75. The van der Waals surface area contributed by atoms with E-state index in [2.05, 4.69) is 21.6 Å². The Hall–Kier alpha value is -4.54. The predicted molar refractivity (Wildman–Crippen MR) is 169 cm³/mol. The first-order valence-corrected chi connectivity index (χ1v) is 15.6. The normalized spacial score (nSPS) is 16.4. The van der Waals surface area contributed by atoms with Gasteiger partial charge in [0.25, 0.3) is 0 Å². The molecule has 0 fully saturated rings. The fraction of sp³-hybridized carbons (Fsp3) is 0.323. The molecule has 1 aromatic heterocycles. The molecule has 44 heavy (non-hydrogen) atoms. The number of thioether (sulfide) groups is 1. The molecule has 1 amide bonds. The number of amides is 1. The highest BCUT2D eigenvalue weighted by molar-refractivity contribution is 8.01. The van der Waals surface area contributed by atoms with Gasteiger partial charge in [0.2, 0.25) is 16.8 Å². The number of benzene rings is 2. The van der Waals surface area contributed by atoms with E-state index in [1.54, 1.807) is 17.0 Å². The van der Waals surface area contributed by atoms with Crippen LogP contribution in [0.15, 0.2) is 57.3 Å². The largest absolute Gasteiger partial charge is 0.493 e. The van der Waals surface area contributed by atoms with Crippen LogP contribution in [0.4, 0.5) is 10.8 Å². The van der Waals surface area contributed by atoms with Gasteiger partial charge in [-0.1, -0.05) is 46.9 Å². The summed E-state index contributed by atoms with van der Waals surface area (Å²) in [6.07, 6.45) is 1.51. The summed E-state index contributed by atoms with van der Waals surface area (Å²) >= 11 is 2.49. The molecule has 11 nitrogen and oxygen atoms in total. The smallest absolute Gasteiger partial charge is 0.234 e. The fourth-order valence-electron chi connectivity index (χ4n) is 5.59. The monoisotopic (exact) mass is 632 g/mol. The summed E-state index contributed by atoms with van der Waals surface area (Å²) in [6, 6.07) is 11.6. The minimum Gasteiger partial charge on any atom is -0.493 e. The standard InChI is InChI=1S/C31H32N6O5S2/c1-16-9-11-20(17(2)13-16)34-24(39)15-43-31-36-35-30(44-31)37-21-7-6-8-22(38)26(21)25(19(14-32)29(37)33)18-10-12-23(40-3)28(42-5)27(18)41-4/h9-13,25H,6-8,15,33H2,1-5H3,(H,34,39). The second kappa shape index (κ2) is 13.0. The number of hydrogen-bond acceptors (Lipinski definition) is 12. The topological polar surface area (TPSA) is 153 Å². The molecule has 13 heteroatoms. The van der Waals surface area contributed by atoms with Gasteiger partial charge in [-0.3, -0.25) is 14.5 Å². The minimum absolute atomic E-state index is 0.0829. The van der Waals surface area contributed by atoms with Crippen LogP contribution < -0.4 is 30.2 Å². The van der Waals surface area contributed by atoms with Crippen LogP contribution in [-0.2, 0) is 9.59 Å². The molecule has 1 atom stereocenters. The summed E-state index contributed by atoms with van der Waals surface area (Å²) in [6.45, 7) is 3.95. The number of Topliss-reactive ketones (excluding diaryl/α,β-unsaturated/α-hetero) is 1. The Kier molecular flexibility index (Phi) is 9.12. The van der Waals surface area contributed by atoms with Gasteiger partial charge in [0.05, 0.1) is 44.6 Å². The third-order valence-corrected chi connectivity index (χ3v) is 9.57. The number of hydrogen-bond donors (Lipinski definition) is 2. The molecule has 1 unspecified atom stereocenters. The molecule has 1 aliphatic heterocycles. The van der Waals surface area contributed by atoms with E-state index in [4.69, 9.17) is 19.9 Å². The number of carbonyl (C=O) groups excluding carboxylic acids is 2. The van der Waals surface area contributed by atoms with E-state index in [0.717, 1.165) is 16.8 Å². The summed E-state index contributed by atoms with van der Waals surface area (Å²) in [5, 5.41) is 22.4. The van der Waals surface area contributed by atoms with E-state index in [9.17, 15) is 14.9 Å². The van der Waals surface area contributed by atoms with Crippen LogP contribution >= 0.6 is 23.1 Å². The Labute approximate surface area is 263 Å². The number of aryl methyl sites for hydroxylation is 2. The lowest BCUT2D eigenvalue weighted by Gasteiger charge is -2.38. The first kappa shape index (κ1) is 30.9. The molecular weight excluding hydrogens is 601 g/mol. The quantitative estimate of drug-likeness (QED) is 0.299. The molecule has 0 spiro atoms. The Morgan fingerprint density at radius 1 is 1.14 bits per heavy atom. The van der Waals surface area contributed by atoms with E-state index < -0.39 is 5.92 Å². The Bertz CT molecular complexity index is 1740. The molecular formula is C31H32N6O5S2. The number of carbonyl (C=O) groups is 2. The Morgan fingerprint density at radius 2 is 1.91 bits per heavy atom. The van der Waals surface area contributed by atoms with Crippen LogP contribution in [0.5, 0.6) is 17.2 Å². The van der Waals surface area contributed by atoms with Crippen LogP contribution in [0.3, 0.4) is 0 Å². The highest BCUT2D eigenvalue weighted by Gasteiger charge is 2.43. The lowest BCUT2D eigenvalue weighted by molar-refractivity contribution is -0.116. The average molecular weight is 633 g/mol. The Balaban J connectivity index is 1.48. The highest BCUT2D eigenvalue weighted by atomic mass is 32.2. The maximum absolute atomic E-state index is 13.6. The number of aromatic nitrogens is 2. The van der Waals surface area contributed by atoms with Crippen molar-refractivity contribution in [3.63, 3.8) is 0 Å². The molecule has 2 heterocycles. The van der Waals surface area contributed by atoms with Crippen molar-refractivity contribution in [3.8, 4) is 23.3 Å². The maximum atomic E-state index is 13.6. The first-order valence-electron chi connectivity index (χ1n) is 13.8. The van der Waals surface area contributed by atoms with Crippen LogP contribution in [0, 0.1) is 25.2 Å². The van der Waals surface area contributed by atoms with Crippen LogP contribution in [-0.4, -0.2) is 49.0 Å². The molecule has 1 aliphatic carbocycles. The molecule has 3 N–H and O–H groups in total. The molecule has 0 radical (unpaired) electrons. The van der Waals surface area contributed by atoms with Crippen molar-refractivity contribution < 1.29 is 23.8 Å². The summed E-state index contributed by atoms with van der Waals surface area (Å²) in [5.74, 6) is 0.412. The summed E-state index contributed by atoms with van der Waals surface area (Å²) in [7, 11) is 4.51. The molecule has 2 aromatic carbocycles. The van der Waals surface area contributed by atoms with Gasteiger partial charge in [0.1, 0.15) is 5.82 Å². The van der Waals surface area contributed by atoms with Gasteiger partial charge in [0.15, 0.2) is 21.6 Å². The summed E-state index contributed by atoms with van der Waals surface area (Å²) in [5.41, 5.74) is 11.5. The molecule has 5 rings (SSSR count). The second-order valence-corrected chi connectivity index (χ2v) is 12.4. The SMILES string of the molecule is COc1ccc(C2C(C#N)=C(N)N(c3nnc(SCC(=O)Nc4ccc(C)cc4C)s3)C3=C2C(=O)CCC3)c(OC)c1OC. The number of nitrogens with two attached hydrogens (primary N) is 1. The number of anilines is 2. The number of nitrogens with one attached hydrogen (secondary N) is 1. The van der Waals surface area contributed by atoms with Crippen molar-refractivity contribution in [2.24, 2.45) is 5.73 Å². The lowest BCUT2D eigenvalue weighted by Crippen LogP contribution is -2.38. The van der Waals surface area contributed by atoms with Crippen LogP contribution in [0.25, 0.3) is 0 Å². The van der Waals surface area contributed by atoms with Crippen LogP contribution in [0.1, 0.15) is 41.9 Å². The third-order valence-electron chi connectivity index (χ3n) is 7.53. The van der Waals surface area contributed by atoms with E-state index in [1.165, 1.54) is 44.4 Å². The van der Waals surface area contributed by atoms with E-state index in [0.29, 0.717) is 62.8 Å². The van der Waals surface area contributed by atoms with Gasteiger partial charge in [-0.2, -0.15) is 5.26 Å². The number of allylic oxidation sites excluding steroid dienone is 3. The zero-order chi connectivity index (χ0) is 31.5. The van der Waals surface area contributed by atoms with Gasteiger partial charge in [0, 0.05) is 28.9 Å². The summed E-state index contributed by atoms with van der Waals surface area (Å²) < 4.78 is 17.3. The van der Waals surface area contributed by atoms with Crippen molar-refractivity contribution in [1.82, 2.24) is 10.2 Å². The molecule has 3 aromatic rings. The number of nitriles is 1. The average Bonchev–Trinajstić information content (AvgIpc) is 3.48. The van der Waals surface area contributed by atoms with E-state index >= 15 is 0 Å². The van der Waals surface area contributed by atoms with Crippen molar-refractivity contribution in [1.29, 1.82) is 5.26 Å². The first-order chi connectivity index (χ1) is 21.2. The molecule has 228 valence electrons. The van der Waals surface area contributed by atoms with Gasteiger partial charge < -0.3 is 25.3 Å². The van der Waals surface area contributed by atoms with Gasteiger partial charge in [-0.15, -0.1) is 10.2 Å². The maximum Gasteiger partial charge on any atom is 0.234 e. The summed E-state index contributed by atoms with van der Waals surface area (Å²) in [4.78, 5) is 27.9. The van der Waals surface area contributed by atoms with Crippen molar-refractivity contribution in [2.75, 3.05) is 37.3 Å². The number of ether oxygens (including phenoxy) is 3. The van der Waals surface area contributed by atoms with Crippen molar-refractivity contribution in [2.45, 2.75) is 43.4 Å². The molecule has 0 saturated heterocycles. The zero-order valence-electron chi connectivity index (χ0n) is 25.0. The number of nitrogens with zero attached hydrogens (tertiary/aromatic N) is 4. The fourth-order valence-corrected chi connectivity index (χ4v) is 7.27. The van der Waals surface area contributed by atoms with E-state index in [1.807, 2.05) is 32.0 Å². The van der Waals surface area contributed by atoms with Gasteiger partial charge >= 0.3 is 0 Å². The highest BCUT2D eigenvalue weighted by Crippen LogP contribution is 2.52. The van der Waals surface area contributed by atoms with Crippen molar-refractivity contribution in [3.05, 3.63) is 69.7 Å². The Morgan fingerprint density at radius 3 is 2.59 bits per heavy atom. The molecule has 2 aliphatic rings. The van der Waals surface area contributed by atoms with Gasteiger partial charge in [-0.05, 0) is 44.4 Å². The van der Waals surface area contributed by atoms with E-state index in [-0.39, 0.29) is 28.8 Å². The third kappa shape index (κ3) is 5.70.